The van der Waals surface area contributed by atoms with E-state index in [0.29, 0.717) is 0 Å². The van der Waals surface area contributed by atoms with E-state index in [-0.39, 0.29) is 14.5 Å². The van der Waals surface area contributed by atoms with Gasteiger partial charge in [0.1, 0.15) is 0 Å². The van der Waals surface area contributed by atoms with Crippen molar-refractivity contribution in [2.75, 3.05) is 0 Å². The van der Waals surface area contributed by atoms with Crippen molar-refractivity contribution in [1.29, 1.82) is 0 Å². The molecular formula is C5H5BrClNSe. The number of nitrogens with zero attached hydrogens (tertiary/aromatic N) is 1. The van der Waals surface area contributed by atoms with Gasteiger partial charge in [-0.2, -0.15) is 0 Å². The molecule has 0 radical (unpaired) electrons. The van der Waals surface area contributed by atoms with Crippen LogP contribution in [0.15, 0.2) is 3.35 Å². The third kappa shape index (κ3) is 1.81. The van der Waals surface area contributed by atoms with Gasteiger partial charge in [0.15, 0.2) is 0 Å². The fourth-order valence-electron chi connectivity index (χ4n) is 0.524. The Kier molecular flexibility index (Phi) is 2.77. The molecule has 0 aliphatic heterocycles. The molecule has 1 rings (SSSR count). The summed E-state index contributed by atoms with van der Waals surface area (Å²) in [5, 5.41) is 0. The van der Waals surface area contributed by atoms with Crippen LogP contribution in [0.25, 0.3) is 0 Å². The zero-order valence-corrected chi connectivity index (χ0v) is 8.87. The topological polar surface area (TPSA) is 12.9 Å². The van der Waals surface area contributed by atoms with Gasteiger partial charge in [-0.1, -0.05) is 0 Å². The second-order valence-corrected chi connectivity index (χ2v) is 6.48. The Morgan fingerprint density at radius 2 is 2.44 bits per heavy atom. The van der Waals surface area contributed by atoms with Gasteiger partial charge in [0.25, 0.3) is 0 Å². The van der Waals surface area contributed by atoms with Gasteiger partial charge in [0, 0.05) is 0 Å². The number of rotatable bonds is 1. The van der Waals surface area contributed by atoms with E-state index in [1.54, 1.807) is 0 Å². The predicted molar refractivity (Wildman–Crippen MR) is 43.3 cm³/mol. The Balaban J connectivity index is 3.01. The second-order valence-electron chi connectivity index (χ2n) is 1.54. The average Bonchev–Trinajstić information content (AvgIpc) is 2.10. The summed E-state index contributed by atoms with van der Waals surface area (Å²) in [6.07, 6.45) is 0.971. The molecule has 9 heavy (non-hydrogen) atoms. The van der Waals surface area contributed by atoms with Gasteiger partial charge in [0.2, 0.25) is 0 Å². The first-order chi connectivity index (χ1) is 4.24. The summed E-state index contributed by atoms with van der Waals surface area (Å²) in [6.45, 7) is 2.08. The molecule has 0 aromatic carbocycles. The molecule has 0 aliphatic carbocycles. The summed E-state index contributed by atoms with van der Waals surface area (Å²) < 4.78 is 1.95. The van der Waals surface area contributed by atoms with Gasteiger partial charge in [-0.05, 0) is 0 Å². The SMILES string of the molecule is CCc1nc(Cl)[se]c1Br. The Morgan fingerprint density at radius 3 is 2.67 bits per heavy atom. The van der Waals surface area contributed by atoms with Gasteiger partial charge in [-0.15, -0.1) is 0 Å². The molecular weight excluding hydrogens is 268 g/mol. The van der Waals surface area contributed by atoms with Crippen LogP contribution >= 0.6 is 27.5 Å². The third-order valence-corrected chi connectivity index (χ3v) is 4.16. The Morgan fingerprint density at radius 1 is 1.78 bits per heavy atom. The van der Waals surface area contributed by atoms with Crippen molar-refractivity contribution >= 4 is 42.0 Å². The van der Waals surface area contributed by atoms with E-state index >= 15 is 0 Å². The summed E-state index contributed by atoms with van der Waals surface area (Å²) in [7, 11) is 0. The number of aryl methyl sites for hydroxylation is 1. The number of hydrogen-bond acceptors (Lipinski definition) is 1. The van der Waals surface area contributed by atoms with Crippen molar-refractivity contribution < 1.29 is 0 Å². The van der Waals surface area contributed by atoms with Crippen LogP contribution in [0.4, 0.5) is 0 Å². The fraction of sp³-hybridized carbons (Fsp3) is 0.400. The van der Waals surface area contributed by atoms with E-state index in [9.17, 15) is 0 Å². The quantitative estimate of drug-likeness (QED) is 0.714. The molecule has 0 aliphatic rings. The first kappa shape index (κ1) is 7.80. The second kappa shape index (κ2) is 3.20. The number of halogens is 2. The van der Waals surface area contributed by atoms with Gasteiger partial charge < -0.3 is 0 Å². The van der Waals surface area contributed by atoms with Crippen molar-refractivity contribution in [2.24, 2.45) is 0 Å². The zero-order valence-electron chi connectivity index (χ0n) is 4.82. The van der Waals surface area contributed by atoms with Crippen molar-refractivity contribution in [3.8, 4) is 0 Å². The molecule has 0 spiro atoms. The van der Waals surface area contributed by atoms with Gasteiger partial charge >= 0.3 is 73.4 Å². The van der Waals surface area contributed by atoms with Crippen molar-refractivity contribution in [2.45, 2.75) is 13.3 Å². The zero-order chi connectivity index (χ0) is 6.85. The molecule has 1 heterocycles. The fourth-order valence-corrected chi connectivity index (χ4v) is 3.96. The third-order valence-electron chi connectivity index (χ3n) is 0.958. The van der Waals surface area contributed by atoms with E-state index in [1.807, 2.05) is 0 Å². The molecule has 0 amide bonds. The van der Waals surface area contributed by atoms with Crippen LogP contribution in [0, 0.1) is 0 Å². The minimum atomic E-state index is 0.271. The summed E-state index contributed by atoms with van der Waals surface area (Å²) in [5.74, 6) is 0. The standard InChI is InChI=1S/C5H5BrClNSe/c1-2-3-4(6)9-5(7)8-3/h2H2,1H3. The van der Waals surface area contributed by atoms with E-state index < -0.39 is 0 Å². The molecule has 0 saturated heterocycles. The Bertz CT molecular complexity index is 211. The van der Waals surface area contributed by atoms with Crippen LogP contribution < -0.4 is 0 Å². The minimum absolute atomic E-state index is 0.271. The van der Waals surface area contributed by atoms with Crippen LogP contribution in [-0.4, -0.2) is 19.5 Å². The van der Waals surface area contributed by atoms with Crippen LogP contribution in [0.1, 0.15) is 12.6 Å². The van der Waals surface area contributed by atoms with Crippen LogP contribution in [0.3, 0.4) is 0 Å². The van der Waals surface area contributed by atoms with Gasteiger partial charge in [-0.3, -0.25) is 0 Å². The summed E-state index contributed by atoms with van der Waals surface area (Å²) >= 11 is 9.37. The van der Waals surface area contributed by atoms with Crippen molar-refractivity contribution in [1.82, 2.24) is 4.98 Å². The maximum absolute atomic E-state index is 5.69. The number of aromatic nitrogens is 1. The summed E-state index contributed by atoms with van der Waals surface area (Å²) in [5.41, 5.74) is 1.11. The van der Waals surface area contributed by atoms with E-state index in [1.165, 1.54) is 3.35 Å². The monoisotopic (exact) mass is 273 g/mol. The predicted octanol–water partition coefficient (Wildman–Crippen LogP) is 2.12. The van der Waals surface area contributed by atoms with E-state index in [4.69, 9.17) is 11.6 Å². The molecule has 1 nitrogen and oxygen atoms in total. The van der Waals surface area contributed by atoms with Crippen LogP contribution in [0.5, 0.6) is 0 Å². The van der Waals surface area contributed by atoms with Crippen molar-refractivity contribution in [3.63, 3.8) is 0 Å². The molecule has 1 aromatic heterocycles. The first-order valence-electron chi connectivity index (χ1n) is 2.54. The average molecular weight is 273 g/mol. The molecule has 0 saturated carbocycles. The molecule has 0 unspecified atom stereocenters. The summed E-state index contributed by atoms with van der Waals surface area (Å²) in [4.78, 5) is 4.13. The molecule has 0 fully saturated rings. The van der Waals surface area contributed by atoms with Gasteiger partial charge in [0.05, 0.1) is 0 Å². The molecule has 0 N–H and O–H groups in total. The normalized spacial score (nSPS) is 10.1. The van der Waals surface area contributed by atoms with Crippen molar-refractivity contribution in [3.05, 3.63) is 13.1 Å². The summed E-state index contributed by atoms with van der Waals surface area (Å²) in [6, 6.07) is 0. The Labute approximate surface area is 73.3 Å². The molecule has 0 atom stereocenters. The molecule has 4 heteroatoms. The van der Waals surface area contributed by atoms with Crippen LogP contribution in [0.2, 0.25) is 4.03 Å². The number of hydrogen-bond donors (Lipinski definition) is 0. The van der Waals surface area contributed by atoms with Crippen LogP contribution in [-0.2, 0) is 6.42 Å². The maximum atomic E-state index is 5.69. The van der Waals surface area contributed by atoms with E-state index in [0.717, 1.165) is 16.1 Å². The Hall–Kier alpha value is 0.699. The van der Waals surface area contributed by atoms with Gasteiger partial charge in [-0.25, -0.2) is 0 Å². The molecule has 0 bridgehead atoms. The molecule has 1 aromatic rings. The first-order valence-corrected chi connectivity index (χ1v) is 5.43. The van der Waals surface area contributed by atoms with E-state index in [2.05, 4.69) is 27.8 Å². The molecule has 50 valence electrons.